The number of nitrogen functional groups attached to an aromatic ring is 2. The minimum Gasteiger partial charge on any atom is -0.397 e. The summed E-state index contributed by atoms with van der Waals surface area (Å²) in [6, 6.07) is 7.52. The Labute approximate surface area is 209 Å². The number of thiophene rings is 1. The second-order valence-corrected chi connectivity index (χ2v) is 10.1. The smallest absolute Gasteiger partial charge is 0.268 e. The molecule has 5 rings (SSSR count). The van der Waals surface area contributed by atoms with Crippen molar-refractivity contribution in [3.8, 4) is 0 Å². The van der Waals surface area contributed by atoms with Crippen molar-refractivity contribution in [1.29, 1.82) is 0 Å². The number of benzene rings is 1. The van der Waals surface area contributed by atoms with Crippen LogP contribution in [0.2, 0.25) is 0 Å². The van der Waals surface area contributed by atoms with Gasteiger partial charge in [-0.3, -0.25) is 15.0 Å². The Kier molecular flexibility index (Phi) is 6.90. The fraction of sp³-hybridized carbons (Fsp3) is 0.385. The molecule has 2 aliphatic rings. The van der Waals surface area contributed by atoms with Gasteiger partial charge in [0.1, 0.15) is 0 Å². The van der Waals surface area contributed by atoms with Gasteiger partial charge in [-0.1, -0.05) is 24.6 Å². The fourth-order valence-electron chi connectivity index (χ4n) is 4.58. The molecule has 0 unspecified atom stereocenters. The molecule has 0 radical (unpaired) electrons. The molecule has 8 nitrogen and oxygen atoms in total. The maximum absolute atomic E-state index is 13.2. The van der Waals surface area contributed by atoms with Crippen molar-refractivity contribution in [3.05, 3.63) is 51.7 Å². The highest BCUT2D eigenvalue weighted by atomic mass is 32.1. The average Bonchev–Trinajstić information content (AvgIpc) is 3.49. The van der Waals surface area contributed by atoms with E-state index in [4.69, 9.17) is 21.2 Å². The summed E-state index contributed by atoms with van der Waals surface area (Å²) in [5.41, 5.74) is 17.4. The summed E-state index contributed by atoms with van der Waals surface area (Å²) in [6.45, 7) is 6.95. The molecule has 1 aromatic carbocycles. The Morgan fingerprint density at radius 3 is 2.77 bits per heavy atom. The molecule has 1 fully saturated rings. The summed E-state index contributed by atoms with van der Waals surface area (Å²) in [4.78, 5) is 22.1. The topological polar surface area (TPSA) is 111 Å². The molecule has 0 atom stereocenters. The van der Waals surface area contributed by atoms with Crippen molar-refractivity contribution in [1.82, 2.24) is 14.5 Å². The van der Waals surface area contributed by atoms with E-state index in [-0.39, 0.29) is 5.91 Å². The van der Waals surface area contributed by atoms with Crippen LogP contribution in [0.15, 0.2) is 42.0 Å². The maximum atomic E-state index is 13.2. The quantitative estimate of drug-likeness (QED) is 0.423. The van der Waals surface area contributed by atoms with Crippen molar-refractivity contribution in [3.63, 3.8) is 0 Å². The lowest BCUT2D eigenvalue weighted by molar-refractivity contribution is 0.0366. The van der Waals surface area contributed by atoms with Gasteiger partial charge in [0.25, 0.3) is 5.91 Å². The first-order valence-corrected chi connectivity index (χ1v) is 13.0. The molecule has 0 saturated carbocycles. The SMILES string of the molecule is CCC1=CC(c2ccc(C(=O)Nc3nc4cc(N)c(N)cc4n3CCN3CCOCC3)s2)=CCC1. The molecule has 35 heavy (non-hydrogen) atoms. The molecule has 1 aliphatic carbocycles. The number of morpholine rings is 1. The standard InChI is InChI=1S/C26H32N6O2S/c1-2-17-4-3-5-18(14-17)23-6-7-24(35-23)25(33)30-26-29-21-15-19(27)20(28)16-22(21)32(26)9-8-31-10-12-34-13-11-31/h5-7,14-16H,2-4,8-13,27-28H2,1H3,(H,29,30,33). The van der Waals surface area contributed by atoms with Crippen LogP contribution in [0.3, 0.4) is 0 Å². The second kappa shape index (κ2) is 10.2. The zero-order valence-corrected chi connectivity index (χ0v) is 20.9. The van der Waals surface area contributed by atoms with Crippen molar-refractivity contribution >= 4 is 51.2 Å². The predicted octanol–water partition coefficient (Wildman–Crippen LogP) is 4.36. The van der Waals surface area contributed by atoms with Crippen molar-refractivity contribution in [2.75, 3.05) is 49.6 Å². The van der Waals surface area contributed by atoms with Gasteiger partial charge in [0.05, 0.1) is 40.5 Å². The number of hydrogen-bond donors (Lipinski definition) is 3. The largest absolute Gasteiger partial charge is 0.397 e. The zero-order chi connectivity index (χ0) is 24.4. The van der Waals surface area contributed by atoms with E-state index >= 15 is 0 Å². The third-order valence-corrected chi connectivity index (χ3v) is 7.81. The number of anilines is 3. The summed E-state index contributed by atoms with van der Waals surface area (Å²) in [5.74, 6) is 0.337. The van der Waals surface area contributed by atoms with Crippen LogP contribution in [-0.2, 0) is 11.3 Å². The average molecular weight is 493 g/mol. The minimum absolute atomic E-state index is 0.166. The second-order valence-electron chi connectivity index (χ2n) is 8.98. The lowest BCUT2D eigenvalue weighted by Gasteiger charge is -2.27. The number of carbonyl (C=O) groups is 1. The number of nitrogens with one attached hydrogen (secondary N) is 1. The van der Waals surface area contributed by atoms with Crippen LogP contribution in [0.5, 0.6) is 0 Å². The first-order chi connectivity index (χ1) is 17.0. The van der Waals surface area contributed by atoms with E-state index in [2.05, 4.69) is 29.3 Å². The highest BCUT2D eigenvalue weighted by Crippen LogP contribution is 2.32. The van der Waals surface area contributed by atoms with Crippen LogP contribution >= 0.6 is 11.3 Å². The van der Waals surface area contributed by atoms with Crippen molar-refractivity contribution < 1.29 is 9.53 Å². The van der Waals surface area contributed by atoms with Gasteiger partial charge in [0.2, 0.25) is 5.95 Å². The van der Waals surface area contributed by atoms with Crippen LogP contribution in [-0.4, -0.2) is 53.2 Å². The molecule has 1 aliphatic heterocycles. The van der Waals surface area contributed by atoms with Crippen molar-refractivity contribution in [2.24, 2.45) is 0 Å². The fourth-order valence-corrected chi connectivity index (χ4v) is 5.50. The highest BCUT2D eigenvalue weighted by molar-refractivity contribution is 7.15. The normalized spacial score (nSPS) is 16.8. The molecule has 0 spiro atoms. The third-order valence-electron chi connectivity index (χ3n) is 6.68. The Morgan fingerprint density at radius 1 is 1.17 bits per heavy atom. The molecule has 9 heteroatoms. The number of aromatic nitrogens is 2. The van der Waals surface area contributed by atoms with Crippen molar-refractivity contribution in [2.45, 2.75) is 32.7 Å². The summed E-state index contributed by atoms with van der Waals surface area (Å²) < 4.78 is 7.49. The van der Waals surface area contributed by atoms with E-state index in [0.29, 0.717) is 34.3 Å². The van der Waals surface area contributed by atoms with Crippen LogP contribution < -0.4 is 16.8 Å². The molecular weight excluding hydrogens is 460 g/mol. The molecule has 3 aromatic rings. The van der Waals surface area contributed by atoms with E-state index in [9.17, 15) is 4.79 Å². The zero-order valence-electron chi connectivity index (χ0n) is 20.0. The summed E-state index contributed by atoms with van der Waals surface area (Å²) in [5, 5.41) is 3.04. The molecular formula is C26H32N6O2S. The third kappa shape index (κ3) is 5.12. The van der Waals surface area contributed by atoms with E-state index in [1.807, 2.05) is 22.8 Å². The number of amides is 1. The number of nitrogens with zero attached hydrogens (tertiary/aromatic N) is 3. The predicted molar refractivity (Wildman–Crippen MR) is 144 cm³/mol. The summed E-state index contributed by atoms with van der Waals surface area (Å²) >= 11 is 1.51. The number of ether oxygens (including phenoxy) is 1. The van der Waals surface area contributed by atoms with E-state index in [0.717, 1.165) is 62.5 Å². The Balaban J connectivity index is 1.39. The molecule has 1 amide bonds. The lowest BCUT2D eigenvalue weighted by Crippen LogP contribution is -2.38. The summed E-state index contributed by atoms with van der Waals surface area (Å²) in [7, 11) is 0. The molecule has 3 heterocycles. The number of allylic oxidation sites excluding steroid dienone is 4. The minimum atomic E-state index is -0.166. The Bertz CT molecular complexity index is 1300. The van der Waals surface area contributed by atoms with Gasteiger partial charge in [-0.15, -0.1) is 11.3 Å². The number of nitrogens with two attached hydrogens (primary N) is 2. The first-order valence-electron chi connectivity index (χ1n) is 12.2. The van der Waals surface area contributed by atoms with Gasteiger partial charge in [0.15, 0.2) is 0 Å². The lowest BCUT2D eigenvalue weighted by atomic mass is 9.97. The van der Waals surface area contributed by atoms with Gasteiger partial charge >= 0.3 is 0 Å². The highest BCUT2D eigenvalue weighted by Gasteiger charge is 2.19. The van der Waals surface area contributed by atoms with Gasteiger partial charge in [0, 0.05) is 31.1 Å². The van der Waals surface area contributed by atoms with Crippen LogP contribution in [0.4, 0.5) is 17.3 Å². The first kappa shape index (κ1) is 23.6. The van der Waals surface area contributed by atoms with Gasteiger partial charge in [-0.05, 0) is 49.1 Å². The van der Waals surface area contributed by atoms with Gasteiger partial charge < -0.3 is 20.8 Å². The Hall–Kier alpha value is -3.14. The molecule has 0 bridgehead atoms. The van der Waals surface area contributed by atoms with Crippen LogP contribution in [0, 0.1) is 0 Å². The van der Waals surface area contributed by atoms with Gasteiger partial charge in [-0.25, -0.2) is 4.98 Å². The number of imidazole rings is 1. The number of fused-ring (bicyclic) bond motifs is 1. The number of hydrogen-bond acceptors (Lipinski definition) is 7. The molecule has 2 aromatic heterocycles. The van der Waals surface area contributed by atoms with Crippen LogP contribution in [0.25, 0.3) is 16.6 Å². The van der Waals surface area contributed by atoms with Gasteiger partial charge in [-0.2, -0.15) is 0 Å². The number of rotatable bonds is 7. The monoisotopic (exact) mass is 492 g/mol. The van der Waals surface area contributed by atoms with E-state index in [1.165, 1.54) is 22.5 Å². The Morgan fingerprint density at radius 2 is 1.97 bits per heavy atom. The maximum Gasteiger partial charge on any atom is 0.268 e. The van der Waals surface area contributed by atoms with E-state index in [1.54, 1.807) is 6.07 Å². The summed E-state index contributed by atoms with van der Waals surface area (Å²) in [6.07, 6.45) is 7.75. The molecule has 5 N–H and O–H groups in total. The molecule has 184 valence electrons. The number of carbonyl (C=O) groups excluding carboxylic acids is 1. The van der Waals surface area contributed by atoms with Crippen LogP contribution in [0.1, 0.15) is 40.7 Å². The van der Waals surface area contributed by atoms with E-state index < -0.39 is 0 Å². The molecule has 1 saturated heterocycles.